The SMILES string of the molecule is N#Cc1cccc(NC(=O)Nc2ccc(Cl)cc2I)c1. The van der Waals surface area contributed by atoms with Crippen LogP contribution in [0.1, 0.15) is 5.56 Å². The van der Waals surface area contributed by atoms with E-state index in [9.17, 15) is 4.79 Å². The maximum atomic E-state index is 11.9. The Morgan fingerprint density at radius 3 is 2.70 bits per heavy atom. The van der Waals surface area contributed by atoms with Gasteiger partial charge in [-0.2, -0.15) is 5.26 Å². The van der Waals surface area contributed by atoms with E-state index in [1.807, 2.05) is 6.07 Å². The molecule has 0 fully saturated rings. The summed E-state index contributed by atoms with van der Waals surface area (Å²) in [5, 5.41) is 14.8. The molecule has 0 saturated carbocycles. The molecule has 100 valence electrons. The Balaban J connectivity index is 2.07. The van der Waals surface area contributed by atoms with Crippen LogP contribution in [0.25, 0.3) is 0 Å². The number of anilines is 2. The summed E-state index contributed by atoms with van der Waals surface area (Å²) in [4.78, 5) is 11.9. The van der Waals surface area contributed by atoms with Gasteiger partial charge in [-0.1, -0.05) is 17.7 Å². The largest absolute Gasteiger partial charge is 0.323 e. The zero-order chi connectivity index (χ0) is 14.5. The average molecular weight is 398 g/mol. The zero-order valence-corrected chi connectivity index (χ0v) is 13.1. The second-order valence-corrected chi connectivity index (χ2v) is 5.49. The van der Waals surface area contributed by atoms with Crippen LogP contribution in [-0.2, 0) is 0 Å². The summed E-state index contributed by atoms with van der Waals surface area (Å²) in [5.41, 5.74) is 1.72. The molecule has 0 aromatic heterocycles. The maximum absolute atomic E-state index is 11.9. The molecule has 20 heavy (non-hydrogen) atoms. The molecule has 2 aromatic carbocycles. The van der Waals surface area contributed by atoms with Crippen molar-refractivity contribution in [1.29, 1.82) is 5.26 Å². The molecular formula is C14H9ClIN3O. The first-order valence-corrected chi connectivity index (χ1v) is 7.07. The van der Waals surface area contributed by atoms with Gasteiger partial charge in [-0.25, -0.2) is 4.79 Å². The summed E-state index contributed by atoms with van der Waals surface area (Å²) in [5.74, 6) is 0. The number of carbonyl (C=O) groups excluding carboxylic acids is 1. The number of nitrogens with zero attached hydrogens (tertiary/aromatic N) is 1. The third-order valence-electron chi connectivity index (χ3n) is 2.43. The number of nitrogens with one attached hydrogen (secondary N) is 2. The molecule has 2 amide bonds. The van der Waals surface area contributed by atoms with Gasteiger partial charge in [0.05, 0.1) is 17.3 Å². The van der Waals surface area contributed by atoms with Crippen molar-refractivity contribution >= 4 is 51.6 Å². The molecule has 0 bridgehead atoms. The van der Waals surface area contributed by atoms with Crippen LogP contribution >= 0.6 is 34.2 Å². The van der Waals surface area contributed by atoms with Crippen molar-refractivity contribution < 1.29 is 4.79 Å². The standard InChI is InChI=1S/C14H9ClIN3O/c15-10-4-5-13(12(16)7-10)19-14(20)18-11-3-1-2-9(6-11)8-17/h1-7H,(H2,18,19,20). The van der Waals surface area contributed by atoms with Gasteiger partial charge in [0.2, 0.25) is 0 Å². The first-order chi connectivity index (χ1) is 9.58. The Hall–Kier alpha value is -1.78. The fourth-order valence-electron chi connectivity index (χ4n) is 1.54. The van der Waals surface area contributed by atoms with Crippen LogP contribution in [0.3, 0.4) is 0 Å². The van der Waals surface area contributed by atoms with E-state index in [-0.39, 0.29) is 6.03 Å². The highest BCUT2D eigenvalue weighted by Crippen LogP contribution is 2.22. The minimum atomic E-state index is -0.375. The molecule has 2 aromatic rings. The van der Waals surface area contributed by atoms with E-state index in [0.717, 1.165) is 3.57 Å². The topological polar surface area (TPSA) is 64.9 Å². The lowest BCUT2D eigenvalue weighted by Crippen LogP contribution is -2.20. The Kier molecular flexibility index (Phi) is 4.82. The normalized spacial score (nSPS) is 9.65. The van der Waals surface area contributed by atoms with Crippen LogP contribution in [0, 0.1) is 14.9 Å². The lowest BCUT2D eigenvalue weighted by Gasteiger charge is -2.09. The third kappa shape index (κ3) is 3.85. The predicted octanol–water partition coefficient (Wildman–Crippen LogP) is 4.46. The van der Waals surface area contributed by atoms with E-state index in [4.69, 9.17) is 16.9 Å². The van der Waals surface area contributed by atoms with Crippen molar-refractivity contribution in [3.05, 3.63) is 56.6 Å². The minimum Gasteiger partial charge on any atom is -0.308 e. The summed E-state index contributed by atoms with van der Waals surface area (Å²) in [6, 6.07) is 13.5. The lowest BCUT2D eigenvalue weighted by atomic mass is 10.2. The summed E-state index contributed by atoms with van der Waals surface area (Å²) in [6.07, 6.45) is 0. The monoisotopic (exact) mass is 397 g/mol. The van der Waals surface area contributed by atoms with Gasteiger partial charge in [0.1, 0.15) is 0 Å². The van der Waals surface area contributed by atoms with Crippen LogP contribution in [0.2, 0.25) is 5.02 Å². The Morgan fingerprint density at radius 1 is 1.20 bits per heavy atom. The summed E-state index contributed by atoms with van der Waals surface area (Å²) >= 11 is 7.94. The number of amides is 2. The number of rotatable bonds is 2. The second-order valence-electron chi connectivity index (χ2n) is 3.90. The molecule has 2 N–H and O–H groups in total. The van der Waals surface area contributed by atoms with Crippen molar-refractivity contribution in [2.45, 2.75) is 0 Å². The van der Waals surface area contributed by atoms with E-state index < -0.39 is 0 Å². The van der Waals surface area contributed by atoms with Crippen molar-refractivity contribution in [3.8, 4) is 6.07 Å². The number of hydrogen-bond acceptors (Lipinski definition) is 2. The summed E-state index contributed by atoms with van der Waals surface area (Å²) < 4.78 is 0.844. The van der Waals surface area contributed by atoms with E-state index in [2.05, 4.69) is 33.2 Å². The van der Waals surface area contributed by atoms with Crippen molar-refractivity contribution in [2.75, 3.05) is 10.6 Å². The molecule has 0 saturated heterocycles. The molecule has 2 rings (SSSR count). The molecule has 0 aliphatic carbocycles. The van der Waals surface area contributed by atoms with Crippen LogP contribution in [0.15, 0.2) is 42.5 Å². The van der Waals surface area contributed by atoms with Crippen molar-refractivity contribution in [3.63, 3.8) is 0 Å². The average Bonchev–Trinajstić information content (AvgIpc) is 2.42. The van der Waals surface area contributed by atoms with Crippen LogP contribution in [0.5, 0.6) is 0 Å². The summed E-state index contributed by atoms with van der Waals surface area (Å²) in [6.45, 7) is 0. The van der Waals surface area contributed by atoms with E-state index in [1.165, 1.54) is 0 Å². The number of benzene rings is 2. The van der Waals surface area contributed by atoms with E-state index in [1.54, 1.807) is 42.5 Å². The van der Waals surface area contributed by atoms with E-state index in [0.29, 0.717) is 22.0 Å². The molecule has 0 radical (unpaired) electrons. The maximum Gasteiger partial charge on any atom is 0.323 e. The fourth-order valence-corrected chi connectivity index (χ4v) is 2.55. The van der Waals surface area contributed by atoms with Gasteiger partial charge in [0, 0.05) is 14.3 Å². The Labute approximate surface area is 134 Å². The number of carbonyl (C=O) groups is 1. The molecule has 0 spiro atoms. The highest BCUT2D eigenvalue weighted by molar-refractivity contribution is 14.1. The molecule has 0 unspecified atom stereocenters. The van der Waals surface area contributed by atoms with Gasteiger partial charge in [-0.3, -0.25) is 0 Å². The number of hydrogen-bond donors (Lipinski definition) is 2. The van der Waals surface area contributed by atoms with Gasteiger partial charge >= 0.3 is 6.03 Å². The quantitative estimate of drug-likeness (QED) is 0.735. The molecule has 4 nitrogen and oxygen atoms in total. The molecule has 6 heteroatoms. The van der Waals surface area contributed by atoms with Crippen molar-refractivity contribution in [1.82, 2.24) is 0 Å². The number of halogens is 2. The molecule has 0 atom stereocenters. The second kappa shape index (κ2) is 6.59. The zero-order valence-electron chi connectivity index (χ0n) is 10.2. The molecule has 0 heterocycles. The van der Waals surface area contributed by atoms with Crippen LogP contribution in [0.4, 0.5) is 16.2 Å². The molecule has 0 aliphatic rings. The highest BCUT2D eigenvalue weighted by Gasteiger charge is 2.06. The van der Waals surface area contributed by atoms with Gasteiger partial charge in [-0.15, -0.1) is 0 Å². The number of nitriles is 1. The van der Waals surface area contributed by atoms with E-state index >= 15 is 0 Å². The smallest absolute Gasteiger partial charge is 0.308 e. The Morgan fingerprint density at radius 2 is 2.00 bits per heavy atom. The predicted molar refractivity (Wildman–Crippen MR) is 88.0 cm³/mol. The highest BCUT2D eigenvalue weighted by atomic mass is 127. The van der Waals surface area contributed by atoms with Crippen LogP contribution in [-0.4, -0.2) is 6.03 Å². The van der Waals surface area contributed by atoms with Gasteiger partial charge in [0.15, 0.2) is 0 Å². The fraction of sp³-hybridized carbons (Fsp3) is 0. The van der Waals surface area contributed by atoms with Gasteiger partial charge in [0.25, 0.3) is 0 Å². The first-order valence-electron chi connectivity index (χ1n) is 5.62. The minimum absolute atomic E-state index is 0.375. The molecule has 0 aliphatic heterocycles. The Bertz CT molecular complexity index is 697. The lowest BCUT2D eigenvalue weighted by molar-refractivity contribution is 0.262. The van der Waals surface area contributed by atoms with Gasteiger partial charge in [-0.05, 0) is 59.0 Å². The van der Waals surface area contributed by atoms with Crippen LogP contribution < -0.4 is 10.6 Å². The van der Waals surface area contributed by atoms with Gasteiger partial charge < -0.3 is 10.6 Å². The number of urea groups is 1. The first kappa shape index (κ1) is 14.6. The van der Waals surface area contributed by atoms with Crippen molar-refractivity contribution in [2.24, 2.45) is 0 Å². The summed E-state index contributed by atoms with van der Waals surface area (Å²) in [7, 11) is 0. The molecular weight excluding hydrogens is 389 g/mol. The third-order valence-corrected chi connectivity index (χ3v) is 3.56.